The summed E-state index contributed by atoms with van der Waals surface area (Å²) in [4.78, 5) is 37.0. The summed E-state index contributed by atoms with van der Waals surface area (Å²) < 4.78 is 32.6. The van der Waals surface area contributed by atoms with Gasteiger partial charge in [0, 0.05) is 12.8 Å². The minimum absolute atomic E-state index is 0. The zero-order valence-electron chi connectivity index (χ0n) is 34.2. The number of phosphoric acid groups is 1. The van der Waals surface area contributed by atoms with Gasteiger partial charge >= 0.3 is 41.5 Å². The van der Waals surface area contributed by atoms with Crippen LogP contribution in [0.4, 0.5) is 0 Å². The third kappa shape index (κ3) is 40.7. The van der Waals surface area contributed by atoms with Crippen molar-refractivity contribution in [1.82, 2.24) is 0 Å². The maximum absolute atomic E-state index is 12.5. The molecule has 10 heteroatoms. The standard InChI is InChI=1S/C42H79O8P.Na/c1-4-7-9-11-13-15-17-19-21-23-25-27-29-31-33-35-41(43)47-38-40(39-49-51(45,46)48-37-6-3)50-42(44)36-34-32-30-28-26-24-22-20-18-16-14-12-10-8-5-2;/h19-22,40H,4-18,23-39H2,1-3H3,(H,45,46);/q;+1/p-1/b21-19-,22-20-;/t40-;/m1./s1. The van der Waals surface area contributed by atoms with Crippen molar-refractivity contribution in [3.8, 4) is 0 Å². The monoisotopic (exact) mass is 765 g/mol. The van der Waals surface area contributed by atoms with Crippen LogP contribution in [0.2, 0.25) is 0 Å². The first-order chi connectivity index (χ1) is 24.8. The number of hydrogen-bond acceptors (Lipinski definition) is 8. The molecule has 0 spiro atoms. The number of unbranched alkanes of at least 4 members (excludes halogenated alkanes) is 22. The van der Waals surface area contributed by atoms with Crippen molar-refractivity contribution in [2.45, 2.75) is 213 Å². The van der Waals surface area contributed by atoms with Gasteiger partial charge in [0.25, 0.3) is 7.82 Å². The Labute approximate surface area is 342 Å². The van der Waals surface area contributed by atoms with E-state index in [0.29, 0.717) is 12.8 Å². The van der Waals surface area contributed by atoms with Crippen LogP contribution in [0.1, 0.15) is 207 Å². The van der Waals surface area contributed by atoms with Gasteiger partial charge in [-0.3, -0.25) is 14.2 Å². The van der Waals surface area contributed by atoms with Crippen LogP contribution in [-0.2, 0) is 32.7 Å². The second-order valence-corrected chi connectivity index (χ2v) is 15.5. The third-order valence-corrected chi connectivity index (χ3v) is 9.85. The molecule has 0 aliphatic heterocycles. The Morgan fingerprint density at radius 2 is 0.904 bits per heavy atom. The average molecular weight is 765 g/mol. The van der Waals surface area contributed by atoms with Gasteiger partial charge in [0.1, 0.15) is 6.61 Å². The van der Waals surface area contributed by atoms with Crippen molar-refractivity contribution in [3.63, 3.8) is 0 Å². The number of carbonyl (C=O) groups excluding carboxylic acids is 2. The maximum Gasteiger partial charge on any atom is 1.00 e. The topological polar surface area (TPSA) is 111 Å². The number of allylic oxidation sites excluding steroid dienone is 4. The van der Waals surface area contributed by atoms with Gasteiger partial charge in [-0.25, -0.2) is 0 Å². The maximum atomic E-state index is 12.5. The molecular formula is C42H78NaO8P. The van der Waals surface area contributed by atoms with Gasteiger partial charge in [-0.2, -0.15) is 0 Å². The molecule has 300 valence electrons. The summed E-state index contributed by atoms with van der Waals surface area (Å²) in [6.07, 6.45) is 39.7. The second kappa shape index (κ2) is 41.7. The van der Waals surface area contributed by atoms with E-state index >= 15 is 0 Å². The Morgan fingerprint density at radius 3 is 1.33 bits per heavy atom. The Bertz CT molecular complexity index is 897. The minimum atomic E-state index is -4.54. The predicted octanol–water partition coefficient (Wildman–Crippen LogP) is 9.43. The number of esters is 2. The summed E-state index contributed by atoms with van der Waals surface area (Å²) in [5, 5.41) is 0. The fourth-order valence-electron chi connectivity index (χ4n) is 5.71. The van der Waals surface area contributed by atoms with Crippen LogP contribution in [0.3, 0.4) is 0 Å². The Morgan fingerprint density at radius 1 is 0.519 bits per heavy atom. The van der Waals surface area contributed by atoms with E-state index in [1.54, 1.807) is 6.92 Å². The van der Waals surface area contributed by atoms with E-state index in [9.17, 15) is 19.0 Å². The summed E-state index contributed by atoms with van der Waals surface area (Å²) in [5.74, 6) is -0.844. The van der Waals surface area contributed by atoms with E-state index in [1.807, 2.05) is 0 Å². The second-order valence-electron chi connectivity index (χ2n) is 14.0. The number of ether oxygens (including phenoxy) is 2. The summed E-state index contributed by atoms with van der Waals surface area (Å²) >= 11 is 0. The SMILES string of the molecule is CCCCCCCC/C=C\CCCCCCCC(=O)OC[C@H](COP(=O)([O-])OCCC)OC(=O)CCCCCCC/C=C\CCCCCCCC.[Na+]. The zero-order valence-corrected chi connectivity index (χ0v) is 37.1. The van der Waals surface area contributed by atoms with Crippen molar-refractivity contribution < 1.29 is 67.1 Å². The molecule has 0 aromatic heterocycles. The van der Waals surface area contributed by atoms with E-state index in [-0.39, 0.29) is 55.6 Å². The van der Waals surface area contributed by atoms with Crippen molar-refractivity contribution in [2.75, 3.05) is 19.8 Å². The molecule has 1 unspecified atom stereocenters. The van der Waals surface area contributed by atoms with Gasteiger partial charge in [0.2, 0.25) is 0 Å². The normalized spacial score (nSPS) is 13.3. The smallest absolute Gasteiger partial charge is 0.756 e. The zero-order chi connectivity index (χ0) is 37.5. The molecule has 0 rings (SSSR count). The van der Waals surface area contributed by atoms with E-state index < -0.39 is 32.5 Å². The van der Waals surface area contributed by atoms with Crippen molar-refractivity contribution in [2.24, 2.45) is 0 Å². The molecule has 2 atom stereocenters. The average Bonchev–Trinajstić information content (AvgIpc) is 3.11. The first-order valence-electron chi connectivity index (χ1n) is 21.1. The van der Waals surface area contributed by atoms with Crippen LogP contribution in [0.15, 0.2) is 24.3 Å². The summed E-state index contributed by atoms with van der Waals surface area (Å²) in [5.41, 5.74) is 0. The molecule has 8 nitrogen and oxygen atoms in total. The number of hydrogen-bond donors (Lipinski definition) is 0. The molecule has 0 saturated heterocycles. The number of phosphoric ester groups is 1. The van der Waals surface area contributed by atoms with Crippen LogP contribution in [0, 0.1) is 0 Å². The fourth-order valence-corrected chi connectivity index (χ4v) is 6.54. The molecule has 0 aromatic rings. The van der Waals surface area contributed by atoms with Crippen molar-refractivity contribution in [1.29, 1.82) is 0 Å². The van der Waals surface area contributed by atoms with Gasteiger partial charge in [-0.15, -0.1) is 0 Å². The van der Waals surface area contributed by atoms with Crippen molar-refractivity contribution >= 4 is 19.8 Å². The largest absolute Gasteiger partial charge is 1.00 e. The first kappa shape index (κ1) is 53.6. The van der Waals surface area contributed by atoms with Crippen LogP contribution in [0.5, 0.6) is 0 Å². The van der Waals surface area contributed by atoms with E-state index in [4.69, 9.17) is 18.5 Å². The molecule has 0 radical (unpaired) electrons. The summed E-state index contributed by atoms with van der Waals surface area (Å²) in [7, 11) is -4.54. The predicted molar refractivity (Wildman–Crippen MR) is 210 cm³/mol. The third-order valence-electron chi connectivity index (χ3n) is 8.89. The van der Waals surface area contributed by atoms with Gasteiger partial charge in [-0.05, 0) is 70.6 Å². The fraction of sp³-hybridized carbons (Fsp3) is 0.857. The van der Waals surface area contributed by atoms with Crippen LogP contribution >= 0.6 is 7.82 Å². The molecule has 0 aliphatic carbocycles. The van der Waals surface area contributed by atoms with Gasteiger partial charge in [0.05, 0.1) is 13.2 Å². The Kier molecular flexibility index (Phi) is 43.0. The van der Waals surface area contributed by atoms with Crippen LogP contribution in [-0.4, -0.2) is 37.9 Å². The Balaban J connectivity index is 0. The van der Waals surface area contributed by atoms with Gasteiger partial charge < -0.3 is 23.4 Å². The van der Waals surface area contributed by atoms with Gasteiger partial charge in [-0.1, -0.05) is 148 Å². The molecule has 0 saturated carbocycles. The molecule has 52 heavy (non-hydrogen) atoms. The van der Waals surface area contributed by atoms with E-state index in [0.717, 1.165) is 70.6 Å². The quantitative estimate of drug-likeness (QED) is 0.0200. The minimum Gasteiger partial charge on any atom is -0.756 e. The van der Waals surface area contributed by atoms with Gasteiger partial charge in [0.15, 0.2) is 6.10 Å². The molecule has 0 heterocycles. The molecule has 0 amide bonds. The molecule has 0 aromatic carbocycles. The molecule has 0 bridgehead atoms. The van der Waals surface area contributed by atoms with E-state index in [1.165, 1.54) is 89.9 Å². The van der Waals surface area contributed by atoms with Crippen LogP contribution < -0.4 is 34.5 Å². The molecular weight excluding hydrogens is 686 g/mol. The number of carbonyl (C=O) groups is 2. The first-order valence-corrected chi connectivity index (χ1v) is 22.6. The molecule has 0 aliphatic rings. The van der Waals surface area contributed by atoms with Crippen molar-refractivity contribution in [3.05, 3.63) is 24.3 Å². The molecule has 0 N–H and O–H groups in total. The summed E-state index contributed by atoms with van der Waals surface area (Å²) in [6, 6.07) is 0. The van der Waals surface area contributed by atoms with E-state index in [2.05, 4.69) is 38.2 Å². The number of rotatable bonds is 39. The van der Waals surface area contributed by atoms with Crippen LogP contribution in [0.25, 0.3) is 0 Å². The summed E-state index contributed by atoms with van der Waals surface area (Å²) in [6.45, 7) is 5.58. The Hall–Kier alpha value is -0.470. The molecule has 0 fully saturated rings.